The molecule has 2 fully saturated rings. The molecule has 0 unspecified atom stereocenters. The summed E-state index contributed by atoms with van der Waals surface area (Å²) < 4.78 is 0. The summed E-state index contributed by atoms with van der Waals surface area (Å²) in [5, 5.41) is 3.48. The lowest BCUT2D eigenvalue weighted by atomic mass is 9.96. The Kier molecular flexibility index (Phi) is 4.97. The van der Waals surface area contributed by atoms with Crippen molar-refractivity contribution in [1.29, 1.82) is 0 Å². The molecule has 1 aromatic carbocycles. The molecule has 1 aliphatic heterocycles. The first-order chi connectivity index (χ1) is 10.2. The number of nitrogens with zero attached hydrogens (tertiary/aromatic N) is 1. The molecule has 21 heavy (non-hydrogen) atoms. The summed E-state index contributed by atoms with van der Waals surface area (Å²) in [4.78, 5) is 2.69. The third kappa shape index (κ3) is 4.08. The highest BCUT2D eigenvalue weighted by Crippen LogP contribution is 2.41. The van der Waals surface area contributed by atoms with Crippen LogP contribution in [-0.4, -0.2) is 30.6 Å². The number of nitrogens with one attached hydrogen (secondary N) is 1. The smallest absolute Gasteiger partial charge is 0.0239 e. The van der Waals surface area contributed by atoms with E-state index < -0.39 is 0 Å². The van der Waals surface area contributed by atoms with Crippen molar-refractivity contribution in [2.45, 2.75) is 58.0 Å². The first kappa shape index (κ1) is 15.1. The molecule has 1 aromatic rings. The van der Waals surface area contributed by atoms with E-state index in [0.717, 1.165) is 18.4 Å². The molecule has 3 rings (SSSR count). The number of benzene rings is 1. The van der Waals surface area contributed by atoms with Crippen molar-refractivity contribution in [2.24, 2.45) is 5.92 Å². The second-order valence-corrected chi connectivity index (χ2v) is 7.19. The van der Waals surface area contributed by atoms with Crippen molar-refractivity contribution in [3.8, 4) is 0 Å². The van der Waals surface area contributed by atoms with E-state index in [0.29, 0.717) is 6.04 Å². The van der Waals surface area contributed by atoms with E-state index in [1.807, 2.05) is 0 Å². The highest BCUT2D eigenvalue weighted by molar-refractivity contribution is 5.33. The monoisotopic (exact) mass is 286 g/mol. The van der Waals surface area contributed by atoms with Gasteiger partial charge in [-0.25, -0.2) is 0 Å². The Hall–Kier alpha value is -0.860. The predicted octanol–water partition coefficient (Wildman–Crippen LogP) is 3.77. The second-order valence-electron chi connectivity index (χ2n) is 7.19. The first-order valence-corrected chi connectivity index (χ1v) is 8.76. The molecule has 1 saturated carbocycles. The summed E-state index contributed by atoms with van der Waals surface area (Å²) in [5.41, 5.74) is 3.19. The van der Waals surface area contributed by atoms with Crippen LogP contribution in [0.25, 0.3) is 0 Å². The largest absolute Gasteiger partial charge is 0.317 e. The predicted molar refractivity (Wildman–Crippen MR) is 89.6 cm³/mol. The fraction of sp³-hybridized carbons (Fsp3) is 0.684. The molecule has 1 saturated heterocycles. The Morgan fingerprint density at radius 3 is 2.48 bits per heavy atom. The zero-order valence-electron chi connectivity index (χ0n) is 13.6. The molecule has 0 spiro atoms. The van der Waals surface area contributed by atoms with Gasteiger partial charge in [-0.3, -0.25) is 4.90 Å². The maximum absolute atomic E-state index is 3.48. The molecule has 0 bridgehead atoms. The number of rotatable bonds is 6. The van der Waals surface area contributed by atoms with Crippen LogP contribution >= 0.6 is 0 Å². The molecule has 0 atom stereocenters. The first-order valence-electron chi connectivity index (χ1n) is 8.76. The average Bonchev–Trinajstić information content (AvgIpc) is 3.33. The van der Waals surface area contributed by atoms with Crippen LogP contribution in [0.2, 0.25) is 0 Å². The van der Waals surface area contributed by atoms with Gasteiger partial charge >= 0.3 is 0 Å². The summed E-state index contributed by atoms with van der Waals surface area (Å²) in [6, 6.07) is 9.77. The van der Waals surface area contributed by atoms with Crippen LogP contribution < -0.4 is 5.32 Å². The van der Waals surface area contributed by atoms with Gasteiger partial charge in [-0.15, -0.1) is 0 Å². The summed E-state index contributed by atoms with van der Waals surface area (Å²) in [5.74, 6) is 1.73. The number of piperidine rings is 1. The minimum absolute atomic E-state index is 0.632. The summed E-state index contributed by atoms with van der Waals surface area (Å²) in [7, 11) is 0. The normalized spacial score (nSPS) is 20.4. The minimum atomic E-state index is 0.632. The van der Waals surface area contributed by atoms with Crippen LogP contribution in [0.3, 0.4) is 0 Å². The van der Waals surface area contributed by atoms with E-state index >= 15 is 0 Å². The van der Waals surface area contributed by atoms with Gasteiger partial charge < -0.3 is 5.32 Å². The molecule has 0 aromatic heterocycles. The number of hydrogen-bond donors (Lipinski definition) is 1. The topological polar surface area (TPSA) is 15.3 Å². The van der Waals surface area contributed by atoms with Gasteiger partial charge in [0.15, 0.2) is 0 Å². The molecule has 1 N–H and O–H groups in total. The van der Waals surface area contributed by atoms with Crippen LogP contribution in [-0.2, 0) is 6.54 Å². The van der Waals surface area contributed by atoms with Crippen LogP contribution in [0.5, 0.6) is 0 Å². The van der Waals surface area contributed by atoms with Gasteiger partial charge in [0.25, 0.3) is 0 Å². The van der Waals surface area contributed by atoms with Crippen LogP contribution in [0.15, 0.2) is 24.3 Å². The molecular weight excluding hydrogens is 256 g/mol. The van der Waals surface area contributed by atoms with Crippen LogP contribution in [0, 0.1) is 5.92 Å². The fourth-order valence-corrected chi connectivity index (χ4v) is 3.54. The van der Waals surface area contributed by atoms with Crippen molar-refractivity contribution in [1.82, 2.24) is 10.2 Å². The van der Waals surface area contributed by atoms with E-state index in [9.17, 15) is 0 Å². The van der Waals surface area contributed by atoms with E-state index in [2.05, 4.69) is 48.3 Å². The zero-order valence-corrected chi connectivity index (χ0v) is 13.6. The van der Waals surface area contributed by atoms with Gasteiger partial charge in [0.2, 0.25) is 0 Å². The lowest BCUT2D eigenvalue weighted by Crippen LogP contribution is -2.39. The second kappa shape index (κ2) is 6.93. The van der Waals surface area contributed by atoms with Crippen molar-refractivity contribution in [3.05, 3.63) is 35.4 Å². The fourth-order valence-electron chi connectivity index (χ4n) is 3.54. The third-order valence-corrected chi connectivity index (χ3v) is 5.13. The van der Waals surface area contributed by atoms with Gasteiger partial charge in [0.1, 0.15) is 0 Å². The molecule has 1 heterocycles. The SMILES string of the molecule is CC(C)N(Cc1ccccc1C1CC1)CC1CCNCC1. The summed E-state index contributed by atoms with van der Waals surface area (Å²) >= 11 is 0. The van der Waals surface area contributed by atoms with Crippen molar-refractivity contribution in [3.63, 3.8) is 0 Å². The van der Waals surface area contributed by atoms with Gasteiger partial charge in [-0.1, -0.05) is 24.3 Å². The van der Waals surface area contributed by atoms with E-state index in [-0.39, 0.29) is 0 Å². The highest BCUT2D eigenvalue weighted by Gasteiger charge is 2.27. The van der Waals surface area contributed by atoms with E-state index in [1.165, 1.54) is 45.3 Å². The molecular formula is C19H30N2. The van der Waals surface area contributed by atoms with Gasteiger partial charge in [-0.2, -0.15) is 0 Å². The van der Waals surface area contributed by atoms with Crippen LogP contribution in [0.1, 0.15) is 56.6 Å². The maximum Gasteiger partial charge on any atom is 0.0239 e. The van der Waals surface area contributed by atoms with Crippen molar-refractivity contribution >= 4 is 0 Å². The summed E-state index contributed by atoms with van der Waals surface area (Å²) in [6.45, 7) is 9.50. The number of hydrogen-bond acceptors (Lipinski definition) is 2. The van der Waals surface area contributed by atoms with Gasteiger partial charge in [-0.05, 0) is 75.6 Å². The third-order valence-electron chi connectivity index (χ3n) is 5.13. The molecule has 116 valence electrons. The Morgan fingerprint density at radius 1 is 1.10 bits per heavy atom. The molecule has 1 aliphatic carbocycles. The van der Waals surface area contributed by atoms with Crippen molar-refractivity contribution < 1.29 is 0 Å². The Labute approximate surface area is 129 Å². The maximum atomic E-state index is 3.48. The molecule has 0 amide bonds. The lowest BCUT2D eigenvalue weighted by molar-refractivity contribution is 0.161. The Bertz CT molecular complexity index is 445. The highest BCUT2D eigenvalue weighted by atomic mass is 15.1. The minimum Gasteiger partial charge on any atom is -0.317 e. The standard InChI is InChI=1S/C19H30N2/c1-15(2)21(13-16-9-11-20-12-10-16)14-18-5-3-4-6-19(18)17-7-8-17/h3-6,15-17,20H,7-14H2,1-2H3. The quantitative estimate of drug-likeness (QED) is 0.856. The van der Waals surface area contributed by atoms with Gasteiger partial charge in [0, 0.05) is 19.1 Å². The van der Waals surface area contributed by atoms with Crippen LogP contribution in [0.4, 0.5) is 0 Å². The lowest BCUT2D eigenvalue weighted by Gasteiger charge is -2.33. The zero-order chi connectivity index (χ0) is 14.7. The average molecular weight is 286 g/mol. The van der Waals surface area contributed by atoms with Crippen molar-refractivity contribution in [2.75, 3.05) is 19.6 Å². The molecule has 2 aliphatic rings. The van der Waals surface area contributed by atoms with Gasteiger partial charge in [0.05, 0.1) is 0 Å². The molecule has 2 nitrogen and oxygen atoms in total. The Morgan fingerprint density at radius 2 is 1.81 bits per heavy atom. The van der Waals surface area contributed by atoms with E-state index in [1.54, 1.807) is 11.1 Å². The molecule has 0 radical (unpaired) electrons. The van der Waals surface area contributed by atoms with E-state index in [4.69, 9.17) is 0 Å². The molecule has 2 heteroatoms. The Balaban J connectivity index is 1.67. The summed E-state index contributed by atoms with van der Waals surface area (Å²) in [6.07, 6.45) is 5.47.